The predicted molar refractivity (Wildman–Crippen MR) is 40.9 cm³/mol. The van der Waals surface area contributed by atoms with E-state index >= 15 is 0 Å². The third-order valence-corrected chi connectivity index (χ3v) is 1.66. The maximum Gasteiger partial charge on any atom is 0.277 e. The quantitative estimate of drug-likeness (QED) is 0.490. The van der Waals surface area contributed by atoms with Crippen molar-refractivity contribution in [1.82, 2.24) is 10.4 Å². The molecule has 0 aromatic rings. The topological polar surface area (TPSA) is 86.7 Å². The zero-order valence-electron chi connectivity index (χ0n) is 7.11. The number of hydrogen-bond acceptors (Lipinski definition) is 4. The molecule has 1 unspecified atom stereocenters. The summed E-state index contributed by atoms with van der Waals surface area (Å²) in [6, 6.07) is 0. The zero-order chi connectivity index (χ0) is 10.0. The summed E-state index contributed by atoms with van der Waals surface area (Å²) in [5.41, 5.74) is 2.05. The van der Waals surface area contributed by atoms with Crippen LogP contribution in [0.3, 0.4) is 0 Å². The minimum atomic E-state index is -1.19. The van der Waals surface area contributed by atoms with Gasteiger partial charge in [0, 0.05) is 13.3 Å². The maximum atomic E-state index is 11.1. The van der Waals surface area contributed by atoms with E-state index in [1.165, 1.54) is 6.92 Å². The van der Waals surface area contributed by atoms with Gasteiger partial charge in [0.1, 0.15) is 6.10 Å². The predicted octanol–water partition coefficient (Wildman–Crippen LogP) is -1.45. The number of rotatable bonds is 1. The second-order valence-electron chi connectivity index (χ2n) is 2.79. The van der Waals surface area contributed by atoms with Crippen LogP contribution >= 0.6 is 0 Å². The van der Waals surface area contributed by atoms with Crippen molar-refractivity contribution < 1.29 is 19.5 Å². The van der Waals surface area contributed by atoms with E-state index < -0.39 is 23.8 Å². The highest BCUT2D eigenvalue weighted by molar-refractivity contribution is 6.00. The molecule has 0 aromatic carbocycles. The lowest BCUT2D eigenvalue weighted by molar-refractivity contribution is -0.162. The molecule has 13 heavy (non-hydrogen) atoms. The van der Waals surface area contributed by atoms with Crippen molar-refractivity contribution in [3.8, 4) is 0 Å². The van der Waals surface area contributed by atoms with E-state index in [0.717, 1.165) is 0 Å². The van der Waals surface area contributed by atoms with E-state index in [0.29, 0.717) is 5.01 Å². The van der Waals surface area contributed by atoms with Crippen LogP contribution in [0.15, 0.2) is 0 Å². The highest BCUT2D eigenvalue weighted by Crippen LogP contribution is 2.10. The molecule has 0 aliphatic carbocycles. The highest BCUT2D eigenvalue weighted by Gasteiger charge is 2.33. The van der Waals surface area contributed by atoms with Crippen molar-refractivity contribution in [2.75, 3.05) is 0 Å². The number of carbonyl (C=O) groups excluding carboxylic acids is 3. The molecule has 1 aliphatic rings. The van der Waals surface area contributed by atoms with E-state index in [4.69, 9.17) is 5.11 Å². The zero-order valence-corrected chi connectivity index (χ0v) is 7.11. The first-order valence-corrected chi connectivity index (χ1v) is 3.84. The Morgan fingerprint density at radius 1 is 1.62 bits per heavy atom. The number of aliphatic hydroxyl groups is 1. The normalized spacial score (nSPS) is 23.2. The van der Waals surface area contributed by atoms with Gasteiger partial charge in [-0.15, -0.1) is 0 Å². The fraction of sp³-hybridized carbons (Fsp3) is 0.571. The van der Waals surface area contributed by atoms with Gasteiger partial charge in [0.2, 0.25) is 11.8 Å². The van der Waals surface area contributed by atoms with Gasteiger partial charge in [-0.3, -0.25) is 19.8 Å². The Bertz CT molecular complexity index is 263. The SMILES string of the molecule is CC(=O)NN1C(=O)CCC(O)C1=O. The second kappa shape index (κ2) is 3.53. The molecule has 1 aliphatic heterocycles. The van der Waals surface area contributed by atoms with Gasteiger partial charge in [0.25, 0.3) is 5.91 Å². The lowest BCUT2D eigenvalue weighted by Gasteiger charge is -2.27. The lowest BCUT2D eigenvalue weighted by Crippen LogP contribution is -2.55. The smallest absolute Gasteiger partial charge is 0.277 e. The molecule has 6 heteroatoms. The van der Waals surface area contributed by atoms with Crippen LogP contribution in [-0.4, -0.2) is 33.9 Å². The molecule has 0 radical (unpaired) electrons. The van der Waals surface area contributed by atoms with Gasteiger partial charge < -0.3 is 5.11 Å². The van der Waals surface area contributed by atoms with Crippen molar-refractivity contribution in [3.63, 3.8) is 0 Å². The standard InChI is InChI=1S/C7H10N2O4/c1-4(10)8-9-6(12)3-2-5(11)7(9)13/h5,11H,2-3H2,1H3,(H,8,10). The molecule has 2 N–H and O–H groups in total. The molecular formula is C7H10N2O4. The molecule has 6 nitrogen and oxygen atoms in total. The molecular weight excluding hydrogens is 176 g/mol. The van der Waals surface area contributed by atoms with E-state index in [1.54, 1.807) is 0 Å². The number of hydrogen-bond donors (Lipinski definition) is 2. The first-order valence-electron chi connectivity index (χ1n) is 3.84. The molecule has 72 valence electrons. The number of carbonyl (C=O) groups is 3. The molecule has 0 spiro atoms. The Labute approximate surface area is 74.5 Å². The summed E-state index contributed by atoms with van der Waals surface area (Å²) in [6.45, 7) is 1.18. The second-order valence-corrected chi connectivity index (χ2v) is 2.79. The monoisotopic (exact) mass is 186 g/mol. The molecule has 3 amide bonds. The van der Waals surface area contributed by atoms with Gasteiger partial charge >= 0.3 is 0 Å². The molecule has 1 rings (SSSR count). The summed E-state index contributed by atoms with van der Waals surface area (Å²) in [5.74, 6) is -1.78. The molecule has 0 saturated carbocycles. The van der Waals surface area contributed by atoms with Crippen LogP contribution in [0.25, 0.3) is 0 Å². The lowest BCUT2D eigenvalue weighted by atomic mass is 10.1. The number of piperidine rings is 1. The summed E-state index contributed by atoms with van der Waals surface area (Å²) >= 11 is 0. The average molecular weight is 186 g/mol. The van der Waals surface area contributed by atoms with Gasteiger partial charge in [0.05, 0.1) is 0 Å². The van der Waals surface area contributed by atoms with Crippen LogP contribution in [0.4, 0.5) is 0 Å². The third kappa shape index (κ3) is 2.03. The Kier molecular flexibility index (Phi) is 2.62. The number of amides is 3. The number of nitrogens with one attached hydrogen (secondary N) is 1. The first-order chi connectivity index (χ1) is 6.02. The van der Waals surface area contributed by atoms with Crippen molar-refractivity contribution in [2.24, 2.45) is 0 Å². The Morgan fingerprint density at radius 3 is 2.77 bits per heavy atom. The van der Waals surface area contributed by atoms with Crippen LogP contribution in [0, 0.1) is 0 Å². The highest BCUT2D eigenvalue weighted by atomic mass is 16.3. The third-order valence-electron chi connectivity index (χ3n) is 1.66. The van der Waals surface area contributed by atoms with Crippen LogP contribution in [0.5, 0.6) is 0 Å². The van der Waals surface area contributed by atoms with Gasteiger partial charge in [0.15, 0.2) is 0 Å². The van der Waals surface area contributed by atoms with Gasteiger partial charge in [-0.2, -0.15) is 5.01 Å². The summed E-state index contributed by atoms with van der Waals surface area (Å²) in [6.07, 6.45) is -1.01. The Hall–Kier alpha value is -1.43. The molecule has 1 heterocycles. The number of hydrazine groups is 1. The van der Waals surface area contributed by atoms with Crippen LogP contribution in [-0.2, 0) is 14.4 Å². The van der Waals surface area contributed by atoms with Crippen molar-refractivity contribution in [2.45, 2.75) is 25.9 Å². The summed E-state index contributed by atoms with van der Waals surface area (Å²) in [7, 11) is 0. The minimum absolute atomic E-state index is 0.0627. The fourth-order valence-corrected chi connectivity index (χ4v) is 1.04. The van der Waals surface area contributed by atoms with Crippen LogP contribution in [0.2, 0.25) is 0 Å². The molecule has 1 atom stereocenters. The van der Waals surface area contributed by atoms with E-state index in [2.05, 4.69) is 0 Å². The fourth-order valence-electron chi connectivity index (χ4n) is 1.04. The maximum absolute atomic E-state index is 11.1. The number of aliphatic hydroxyl groups excluding tert-OH is 1. The van der Waals surface area contributed by atoms with E-state index in [1.807, 2.05) is 5.43 Å². The largest absolute Gasteiger partial charge is 0.383 e. The summed E-state index contributed by atoms with van der Waals surface area (Å²) in [5, 5.41) is 9.65. The van der Waals surface area contributed by atoms with E-state index in [9.17, 15) is 14.4 Å². The molecule has 1 saturated heterocycles. The van der Waals surface area contributed by atoms with Crippen molar-refractivity contribution in [3.05, 3.63) is 0 Å². The van der Waals surface area contributed by atoms with Gasteiger partial charge in [-0.25, -0.2) is 0 Å². The Balaban J connectivity index is 2.72. The van der Waals surface area contributed by atoms with E-state index in [-0.39, 0.29) is 12.8 Å². The molecule has 0 aromatic heterocycles. The first kappa shape index (κ1) is 9.66. The number of nitrogens with zero attached hydrogens (tertiary/aromatic N) is 1. The number of imide groups is 1. The average Bonchev–Trinajstić information content (AvgIpc) is 2.05. The summed E-state index contributed by atoms with van der Waals surface area (Å²) < 4.78 is 0. The van der Waals surface area contributed by atoms with Gasteiger partial charge in [-0.05, 0) is 6.42 Å². The van der Waals surface area contributed by atoms with Crippen LogP contribution < -0.4 is 5.43 Å². The molecule has 1 fully saturated rings. The minimum Gasteiger partial charge on any atom is -0.383 e. The van der Waals surface area contributed by atoms with Crippen LogP contribution in [0.1, 0.15) is 19.8 Å². The Morgan fingerprint density at radius 2 is 2.23 bits per heavy atom. The summed E-state index contributed by atoms with van der Waals surface area (Å²) in [4.78, 5) is 32.7. The van der Waals surface area contributed by atoms with Crippen molar-refractivity contribution in [1.29, 1.82) is 0 Å². The molecule has 0 bridgehead atoms. The van der Waals surface area contributed by atoms with Crippen molar-refractivity contribution >= 4 is 17.7 Å². The van der Waals surface area contributed by atoms with Gasteiger partial charge in [-0.1, -0.05) is 0 Å².